The average molecular weight is 411 g/mol. The van der Waals surface area contributed by atoms with E-state index in [1.165, 1.54) is 29.0 Å². The van der Waals surface area contributed by atoms with E-state index < -0.39 is 10.2 Å². The molecule has 3 heterocycles. The predicted molar refractivity (Wildman–Crippen MR) is 102 cm³/mol. The zero-order valence-corrected chi connectivity index (χ0v) is 17.3. The molecule has 0 amide bonds. The van der Waals surface area contributed by atoms with Crippen LogP contribution in [-0.2, 0) is 26.2 Å². The fourth-order valence-electron chi connectivity index (χ4n) is 3.22. The standard InChI is InChI=1S/C16H25N7O4S/c1-5-27-14(24)10-13-12(2)19-16-17-11-18-23(16)15(13)21-6-8-22(9-7-21)28(25,26)20(3)4/h11H,5-10H2,1-4H3. The van der Waals surface area contributed by atoms with E-state index in [-0.39, 0.29) is 12.4 Å². The van der Waals surface area contributed by atoms with Gasteiger partial charge in [0.15, 0.2) is 0 Å². The summed E-state index contributed by atoms with van der Waals surface area (Å²) >= 11 is 0. The molecule has 0 spiro atoms. The lowest BCUT2D eigenvalue weighted by Crippen LogP contribution is -2.52. The van der Waals surface area contributed by atoms with Gasteiger partial charge in [-0.2, -0.15) is 31.6 Å². The number of nitrogens with zero attached hydrogens (tertiary/aromatic N) is 7. The third-order valence-electron chi connectivity index (χ3n) is 4.66. The fourth-order valence-corrected chi connectivity index (χ4v) is 4.30. The Kier molecular flexibility index (Phi) is 5.82. The first kappa shape index (κ1) is 20.4. The SMILES string of the molecule is CCOC(=O)Cc1c(C)nc2ncnn2c1N1CCN(S(=O)(=O)N(C)C)CC1. The van der Waals surface area contributed by atoms with Crippen molar-refractivity contribution in [2.45, 2.75) is 20.3 Å². The quantitative estimate of drug-likeness (QED) is 0.583. The monoisotopic (exact) mass is 411 g/mol. The number of esters is 1. The molecule has 1 fully saturated rings. The highest BCUT2D eigenvalue weighted by molar-refractivity contribution is 7.86. The lowest BCUT2D eigenvalue weighted by atomic mass is 10.1. The summed E-state index contributed by atoms with van der Waals surface area (Å²) in [7, 11) is -0.427. The summed E-state index contributed by atoms with van der Waals surface area (Å²) in [5.74, 6) is 0.792. The topological polar surface area (TPSA) is 113 Å². The number of carbonyl (C=O) groups is 1. The maximum atomic E-state index is 12.4. The van der Waals surface area contributed by atoms with Gasteiger partial charge >= 0.3 is 5.97 Å². The van der Waals surface area contributed by atoms with Gasteiger partial charge in [0.25, 0.3) is 16.0 Å². The maximum Gasteiger partial charge on any atom is 0.310 e. The highest BCUT2D eigenvalue weighted by Gasteiger charge is 2.31. The van der Waals surface area contributed by atoms with Gasteiger partial charge in [0.05, 0.1) is 13.0 Å². The molecule has 11 nitrogen and oxygen atoms in total. The van der Waals surface area contributed by atoms with Crippen molar-refractivity contribution in [1.82, 2.24) is 28.2 Å². The Morgan fingerprint density at radius 1 is 1.25 bits per heavy atom. The molecule has 154 valence electrons. The van der Waals surface area contributed by atoms with Crippen molar-refractivity contribution in [1.29, 1.82) is 0 Å². The van der Waals surface area contributed by atoms with Gasteiger partial charge in [0, 0.05) is 51.5 Å². The van der Waals surface area contributed by atoms with E-state index in [0.717, 1.165) is 0 Å². The first-order valence-corrected chi connectivity index (χ1v) is 10.4. The Hall–Kier alpha value is -2.31. The molecule has 1 saturated heterocycles. The number of hydrogen-bond donors (Lipinski definition) is 0. The summed E-state index contributed by atoms with van der Waals surface area (Å²) in [6.45, 7) is 5.46. The van der Waals surface area contributed by atoms with Crippen molar-refractivity contribution in [2.24, 2.45) is 0 Å². The molecule has 12 heteroatoms. The number of piperazine rings is 1. The third-order valence-corrected chi connectivity index (χ3v) is 6.60. The molecule has 0 bridgehead atoms. The summed E-state index contributed by atoms with van der Waals surface area (Å²) in [6.07, 6.45) is 1.47. The largest absolute Gasteiger partial charge is 0.466 e. The number of aryl methyl sites for hydroxylation is 1. The number of anilines is 1. The zero-order valence-electron chi connectivity index (χ0n) is 16.5. The second-order valence-electron chi connectivity index (χ2n) is 6.63. The molecule has 0 saturated carbocycles. The molecule has 0 atom stereocenters. The number of aromatic nitrogens is 4. The minimum Gasteiger partial charge on any atom is -0.466 e. The molecule has 0 aliphatic carbocycles. The first-order valence-electron chi connectivity index (χ1n) is 9.03. The van der Waals surface area contributed by atoms with Crippen LogP contribution in [0.2, 0.25) is 0 Å². The van der Waals surface area contributed by atoms with Crippen molar-refractivity contribution in [3.8, 4) is 0 Å². The number of rotatable bonds is 6. The number of hydrogen-bond acceptors (Lipinski definition) is 8. The van der Waals surface area contributed by atoms with Gasteiger partial charge < -0.3 is 9.64 Å². The molecule has 3 rings (SSSR count). The van der Waals surface area contributed by atoms with Gasteiger partial charge in [-0.05, 0) is 13.8 Å². The van der Waals surface area contributed by atoms with Crippen LogP contribution in [0.1, 0.15) is 18.2 Å². The smallest absolute Gasteiger partial charge is 0.310 e. The first-order chi connectivity index (χ1) is 13.3. The second-order valence-corrected chi connectivity index (χ2v) is 8.77. The minimum atomic E-state index is -3.46. The Morgan fingerprint density at radius 2 is 1.93 bits per heavy atom. The van der Waals surface area contributed by atoms with Crippen molar-refractivity contribution in [3.63, 3.8) is 0 Å². The molecule has 28 heavy (non-hydrogen) atoms. The van der Waals surface area contributed by atoms with E-state index in [1.807, 2.05) is 11.8 Å². The predicted octanol–water partition coefficient (Wildman–Crippen LogP) is -0.533. The average Bonchev–Trinajstić information content (AvgIpc) is 3.10. The van der Waals surface area contributed by atoms with Gasteiger partial charge in [0.1, 0.15) is 12.1 Å². The highest BCUT2D eigenvalue weighted by atomic mass is 32.2. The Balaban J connectivity index is 1.94. The Morgan fingerprint density at radius 3 is 2.54 bits per heavy atom. The summed E-state index contributed by atoms with van der Waals surface area (Å²) < 4.78 is 34.1. The molecule has 1 aliphatic heterocycles. The van der Waals surface area contributed by atoms with Crippen LogP contribution in [0, 0.1) is 6.92 Å². The number of ether oxygens (including phenoxy) is 1. The van der Waals surface area contributed by atoms with Gasteiger partial charge in [-0.3, -0.25) is 4.79 Å². The van der Waals surface area contributed by atoms with Crippen LogP contribution in [0.15, 0.2) is 6.33 Å². The van der Waals surface area contributed by atoms with Gasteiger partial charge in [-0.25, -0.2) is 4.98 Å². The van der Waals surface area contributed by atoms with E-state index in [4.69, 9.17) is 4.74 Å². The van der Waals surface area contributed by atoms with E-state index in [1.54, 1.807) is 11.4 Å². The minimum absolute atomic E-state index is 0.0635. The van der Waals surface area contributed by atoms with Crippen LogP contribution in [-0.4, -0.2) is 89.5 Å². The maximum absolute atomic E-state index is 12.4. The van der Waals surface area contributed by atoms with Crippen molar-refractivity contribution < 1.29 is 17.9 Å². The van der Waals surface area contributed by atoms with Crippen molar-refractivity contribution in [2.75, 3.05) is 51.8 Å². The van der Waals surface area contributed by atoms with E-state index in [2.05, 4.69) is 15.1 Å². The molecular formula is C16H25N7O4S. The van der Waals surface area contributed by atoms with Crippen LogP contribution in [0.5, 0.6) is 0 Å². The lowest BCUT2D eigenvalue weighted by Gasteiger charge is -2.37. The highest BCUT2D eigenvalue weighted by Crippen LogP contribution is 2.26. The summed E-state index contributed by atoms with van der Waals surface area (Å²) in [5, 5.41) is 4.25. The van der Waals surface area contributed by atoms with Crippen LogP contribution in [0.25, 0.3) is 5.78 Å². The molecule has 1 aliphatic rings. The molecule has 2 aromatic heterocycles. The Bertz CT molecular complexity index is 965. The molecule has 0 radical (unpaired) electrons. The van der Waals surface area contributed by atoms with E-state index in [0.29, 0.717) is 55.6 Å². The lowest BCUT2D eigenvalue weighted by molar-refractivity contribution is -0.142. The molecule has 0 N–H and O–H groups in total. The van der Waals surface area contributed by atoms with Crippen LogP contribution in [0.4, 0.5) is 5.82 Å². The molecule has 0 aromatic carbocycles. The number of carbonyl (C=O) groups excluding carboxylic acids is 1. The van der Waals surface area contributed by atoms with E-state index in [9.17, 15) is 13.2 Å². The van der Waals surface area contributed by atoms with Gasteiger partial charge in [0.2, 0.25) is 0 Å². The number of fused-ring (bicyclic) bond motifs is 1. The van der Waals surface area contributed by atoms with Crippen LogP contribution in [0.3, 0.4) is 0 Å². The summed E-state index contributed by atoms with van der Waals surface area (Å²) in [4.78, 5) is 22.7. The van der Waals surface area contributed by atoms with Crippen LogP contribution < -0.4 is 4.90 Å². The molecule has 0 unspecified atom stereocenters. The Labute approximate surface area is 164 Å². The van der Waals surface area contributed by atoms with Crippen molar-refractivity contribution in [3.05, 3.63) is 17.6 Å². The van der Waals surface area contributed by atoms with Crippen LogP contribution >= 0.6 is 0 Å². The molecule has 2 aromatic rings. The summed E-state index contributed by atoms with van der Waals surface area (Å²) in [6, 6.07) is 0. The molecular weight excluding hydrogens is 386 g/mol. The fraction of sp³-hybridized carbons (Fsp3) is 0.625. The second kappa shape index (κ2) is 7.97. The zero-order chi connectivity index (χ0) is 20.5. The van der Waals surface area contributed by atoms with Crippen molar-refractivity contribution >= 4 is 27.8 Å². The third kappa shape index (κ3) is 3.80. The summed E-state index contributed by atoms with van der Waals surface area (Å²) in [5.41, 5.74) is 1.38. The van der Waals surface area contributed by atoms with Gasteiger partial charge in [-0.15, -0.1) is 0 Å². The van der Waals surface area contributed by atoms with Gasteiger partial charge in [-0.1, -0.05) is 0 Å². The normalized spacial score (nSPS) is 16.1. The van der Waals surface area contributed by atoms with E-state index >= 15 is 0 Å².